The predicted octanol–water partition coefficient (Wildman–Crippen LogP) is 0.617. The lowest BCUT2D eigenvalue weighted by Crippen LogP contribution is -2.45. The molecule has 1 N–H and O–H groups in total. The summed E-state index contributed by atoms with van der Waals surface area (Å²) in [6, 6.07) is 0.159. The molecule has 3 heterocycles. The van der Waals surface area contributed by atoms with Crippen molar-refractivity contribution in [2.24, 2.45) is 7.05 Å². The Kier molecular flexibility index (Phi) is 4.40. The van der Waals surface area contributed by atoms with E-state index >= 15 is 0 Å². The minimum Gasteiger partial charge on any atom is -0.494 e. The van der Waals surface area contributed by atoms with Gasteiger partial charge in [-0.25, -0.2) is 15.0 Å². The Labute approximate surface area is 134 Å². The highest BCUT2D eigenvalue weighted by Crippen LogP contribution is 2.17. The van der Waals surface area contributed by atoms with Gasteiger partial charge in [-0.15, -0.1) is 0 Å². The van der Waals surface area contributed by atoms with Gasteiger partial charge in [0.05, 0.1) is 32.0 Å². The van der Waals surface area contributed by atoms with Crippen LogP contribution < -0.4 is 15.0 Å². The molecule has 0 spiro atoms. The number of aryl methyl sites for hydroxylation is 1. The van der Waals surface area contributed by atoms with Gasteiger partial charge >= 0.3 is 0 Å². The minimum absolute atomic E-state index is 0.0795. The summed E-state index contributed by atoms with van der Waals surface area (Å²) in [6.07, 6.45) is 8.25. The molecule has 1 aliphatic heterocycles. The number of nitrogens with zero attached hydrogens (tertiary/aromatic N) is 5. The van der Waals surface area contributed by atoms with Gasteiger partial charge in [0.2, 0.25) is 5.95 Å². The lowest BCUT2D eigenvalue weighted by atomic mass is 10.1. The monoisotopic (exact) mass is 316 g/mol. The van der Waals surface area contributed by atoms with Gasteiger partial charge in [0.25, 0.3) is 5.91 Å². The Bertz CT molecular complexity index is 661. The van der Waals surface area contributed by atoms with E-state index in [9.17, 15) is 4.79 Å². The molecule has 1 aliphatic rings. The number of nitrogens with one attached hydrogen (secondary N) is 1. The highest BCUT2D eigenvalue weighted by Gasteiger charge is 2.23. The average Bonchev–Trinajstić information content (AvgIpc) is 3.02. The second-order valence-corrected chi connectivity index (χ2v) is 5.55. The van der Waals surface area contributed by atoms with E-state index in [0.717, 1.165) is 25.9 Å². The Hall–Kier alpha value is -2.64. The molecule has 0 radical (unpaired) electrons. The molecule has 23 heavy (non-hydrogen) atoms. The number of anilines is 1. The van der Waals surface area contributed by atoms with Gasteiger partial charge in [0.15, 0.2) is 5.75 Å². The molecule has 0 aliphatic carbocycles. The summed E-state index contributed by atoms with van der Waals surface area (Å²) in [5, 5.41) is 3.07. The molecular weight excluding hydrogens is 296 g/mol. The largest absolute Gasteiger partial charge is 0.494 e. The summed E-state index contributed by atoms with van der Waals surface area (Å²) in [4.78, 5) is 26.9. The topological polar surface area (TPSA) is 85.2 Å². The molecule has 2 aromatic heterocycles. The molecule has 122 valence electrons. The molecule has 0 aromatic carbocycles. The Morgan fingerprint density at radius 1 is 1.26 bits per heavy atom. The summed E-state index contributed by atoms with van der Waals surface area (Å²) >= 11 is 0. The van der Waals surface area contributed by atoms with Gasteiger partial charge in [-0.3, -0.25) is 4.79 Å². The minimum atomic E-state index is -0.0795. The van der Waals surface area contributed by atoms with E-state index in [-0.39, 0.29) is 11.9 Å². The third-order valence-corrected chi connectivity index (χ3v) is 4.01. The van der Waals surface area contributed by atoms with Crippen LogP contribution in [0.3, 0.4) is 0 Å². The first-order valence-electron chi connectivity index (χ1n) is 7.55. The van der Waals surface area contributed by atoms with Crippen LogP contribution in [0.5, 0.6) is 5.75 Å². The maximum atomic E-state index is 12.2. The van der Waals surface area contributed by atoms with Gasteiger partial charge in [-0.05, 0) is 12.8 Å². The van der Waals surface area contributed by atoms with Crippen LogP contribution in [0.4, 0.5) is 5.95 Å². The van der Waals surface area contributed by atoms with Crippen LogP contribution in [-0.4, -0.2) is 51.7 Å². The van der Waals surface area contributed by atoms with E-state index in [1.807, 2.05) is 7.05 Å². The SMILES string of the molecule is COc1cnc(N2CCC(NC(=O)c3cncn3C)CC2)nc1. The number of imidazole rings is 1. The first-order valence-corrected chi connectivity index (χ1v) is 7.55. The molecule has 0 unspecified atom stereocenters. The molecule has 0 saturated carbocycles. The molecule has 1 amide bonds. The lowest BCUT2D eigenvalue weighted by Gasteiger charge is -2.32. The van der Waals surface area contributed by atoms with Gasteiger partial charge in [-0.2, -0.15) is 0 Å². The fourth-order valence-corrected chi connectivity index (χ4v) is 2.64. The number of rotatable bonds is 4. The summed E-state index contributed by atoms with van der Waals surface area (Å²) in [7, 11) is 3.40. The number of amides is 1. The number of carbonyl (C=O) groups is 1. The number of piperidine rings is 1. The number of carbonyl (C=O) groups excluding carboxylic acids is 1. The van der Waals surface area contributed by atoms with Crippen molar-refractivity contribution in [2.45, 2.75) is 18.9 Å². The van der Waals surface area contributed by atoms with E-state index in [1.165, 1.54) is 0 Å². The van der Waals surface area contributed by atoms with E-state index in [4.69, 9.17) is 4.74 Å². The number of aromatic nitrogens is 4. The Morgan fingerprint density at radius 3 is 2.52 bits per heavy atom. The van der Waals surface area contributed by atoms with Crippen LogP contribution in [0, 0.1) is 0 Å². The number of methoxy groups -OCH3 is 1. The standard InChI is InChI=1S/C15H20N6O2/c1-20-10-16-9-13(20)14(22)19-11-3-5-21(6-4-11)15-17-7-12(23-2)8-18-15/h7-11H,3-6H2,1-2H3,(H,19,22). The summed E-state index contributed by atoms with van der Waals surface area (Å²) in [6.45, 7) is 1.62. The fraction of sp³-hybridized carbons (Fsp3) is 0.467. The van der Waals surface area contributed by atoms with Gasteiger partial charge < -0.3 is 19.5 Å². The van der Waals surface area contributed by atoms with Gasteiger partial charge in [-0.1, -0.05) is 0 Å². The second-order valence-electron chi connectivity index (χ2n) is 5.55. The Balaban J connectivity index is 1.54. The number of ether oxygens (including phenoxy) is 1. The van der Waals surface area contributed by atoms with Crippen molar-refractivity contribution in [2.75, 3.05) is 25.1 Å². The third-order valence-electron chi connectivity index (χ3n) is 4.01. The summed E-state index contributed by atoms with van der Waals surface area (Å²) < 4.78 is 6.78. The van der Waals surface area contributed by atoms with E-state index in [1.54, 1.807) is 36.6 Å². The molecule has 8 nitrogen and oxygen atoms in total. The normalized spacial score (nSPS) is 15.5. The first-order chi connectivity index (χ1) is 11.2. The zero-order valence-electron chi connectivity index (χ0n) is 13.3. The fourth-order valence-electron chi connectivity index (χ4n) is 2.64. The van der Waals surface area contributed by atoms with Crippen LogP contribution in [0.2, 0.25) is 0 Å². The molecule has 2 aromatic rings. The molecule has 1 fully saturated rings. The summed E-state index contributed by atoms with van der Waals surface area (Å²) in [5.74, 6) is 1.26. The molecule has 1 saturated heterocycles. The molecule has 0 bridgehead atoms. The van der Waals surface area contributed by atoms with E-state index < -0.39 is 0 Å². The third kappa shape index (κ3) is 3.41. The molecule has 3 rings (SSSR count). The van der Waals surface area contributed by atoms with Crippen LogP contribution in [0.25, 0.3) is 0 Å². The maximum Gasteiger partial charge on any atom is 0.269 e. The lowest BCUT2D eigenvalue weighted by molar-refractivity contribution is 0.0923. The van der Waals surface area contributed by atoms with Crippen molar-refractivity contribution in [1.82, 2.24) is 24.8 Å². The first kappa shape index (κ1) is 15.3. The van der Waals surface area contributed by atoms with Crippen molar-refractivity contribution < 1.29 is 9.53 Å². The maximum absolute atomic E-state index is 12.2. The highest BCUT2D eigenvalue weighted by atomic mass is 16.5. The van der Waals surface area contributed by atoms with Crippen molar-refractivity contribution >= 4 is 11.9 Å². The van der Waals surface area contributed by atoms with Crippen molar-refractivity contribution in [1.29, 1.82) is 0 Å². The zero-order chi connectivity index (χ0) is 16.2. The average molecular weight is 316 g/mol. The summed E-state index contributed by atoms with van der Waals surface area (Å²) in [5.41, 5.74) is 0.575. The van der Waals surface area contributed by atoms with Crippen LogP contribution in [0.15, 0.2) is 24.9 Å². The van der Waals surface area contributed by atoms with E-state index in [0.29, 0.717) is 17.4 Å². The number of hydrogen-bond donors (Lipinski definition) is 1. The smallest absolute Gasteiger partial charge is 0.269 e. The highest BCUT2D eigenvalue weighted by molar-refractivity contribution is 5.92. The molecule has 0 atom stereocenters. The van der Waals surface area contributed by atoms with Gasteiger partial charge in [0, 0.05) is 26.2 Å². The van der Waals surface area contributed by atoms with Crippen LogP contribution >= 0.6 is 0 Å². The molecular formula is C15H20N6O2. The number of hydrogen-bond acceptors (Lipinski definition) is 6. The quantitative estimate of drug-likeness (QED) is 0.890. The van der Waals surface area contributed by atoms with Crippen molar-refractivity contribution in [3.63, 3.8) is 0 Å². The van der Waals surface area contributed by atoms with Crippen LogP contribution in [0.1, 0.15) is 23.3 Å². The van der Waals surface area contributed by atoms with Crippen LogP contribution in [-0.2, 0) is 7.05 Å². The van der Waals surface area contributed by atoms with E-state index in [2.05, 4.69) is 25.2 Å². The zero-order valence-corrected chi connectivity index (χ0v) is 13.3. The second kappa shape index (κ2) is 6.64. The Morgan fingerprint density at radius 2 is 1.96 bits per heavy atom. The predicted molar refractivity (Wildman–Crippen MR) is 84.5 cm³/mol. The van der Waals surface area contributed by atoms with Gasteiger partial charge in [0.1, 0.15) is 5.69 Å². The van der Waals surface area contributed by atoms with Crippen molar-refractivity contribution in [3.05, 3.63) is 30.6 Å². The van der Waals surface area contributed by atoms with Crippen molar-refractivity contribution in [3.8, 4) is 5.75 Å². The molecule has 8 heteroatoms.